The van der Waals surface area contributed by atoms with Crippen molar-refractivity contribution in [3.8, 4) is 6.07 Å². The van der Waals surface area contributed by atoms with Gasteiger partial charge in [-0.25, -0.2) is 0 Å². The largest absolute Gasteiger partial charge is 0.278 e. The number of benzene rings is 1. The molecule has 0 heterocycles. The second-order valence-electron chi connectivity index (χ2n) is 3.24. The molecule has 0 saturated heterocycles. The number of fused-ring (bicyclic) bond motifs is 1. The number of hydrogen-bond acceptors (Lipinski definition) is 3. The molecule has 0 aliphatic heterocycles. The van der Waals surface area contributed by atoms with Crippen LogP contribution in [0.5, 0.6) is 0 Å². The summed E-state index contributed by atoms with van der Waals surface area (Å²) in [7, 11) is 1.23. The molecule has 0 amide bonds. The maximum Gasteiger partial charge on any atom is 0.195 e. The quantitative estimate of drug-likeness (QED) is 0.619. The molecule has 0 bridgehead atoms. The van der Waals surface area contributed by atoms with Crippen molar-refractivity contribution in [1.82, 2.24) is 0 Å². The van der Waals surface area contributed by atoms with Gasteiger partial charge < -0.3 is 0 Å². The maximum absolute atomic E-state index is 9.20. The topological polar surface area (TPSA) is 33.0 Å². The van der Waals surface area contributed by atoms with Crippen molar-refractivity contribution in [2.45, 2.75) is 18.4 Å². The van der Waals surface area contributed by atoms with Gasteiger partial charge in [0, 0.05) is 26.8 Å². The van der Waals surface area contributed by atoms with Crippen LogP contribution in [0.15, 0.2) is 24.3 Å². The Bertz CT molecular complexity index is 386. The summed E-state index contributed by atoms with van der Waals surface area (Å²) in [5.74, 6) is 0. The Balaban J connectivity index is 2.46. The van der Waals surface area contributed by atoms with E-state index in [1.54, 1.807) is 0 Å². The van der Waals surface area contributed by atoms with E-state index in [9.17, 15) is 5.26 Å². The molecule has 0 radical (unpaired) electrons. The Morgan fingerprint density at radius 2 is 2.29 bits per heavy atom. The summed E-state index contributed by atoms with van der Waals surface area (Å²) in [6, 6.07) is 10.3. The van der Waals surface area contributed by atoms with Crippen molar-refractivity contribution < 1.29 is 4.18 Å². The van der Waals surface area contributed by atoms with Crippen molar-refractivity contribution in [3.63, 3.8) is 0 Å². The van der Waals surface area contributed by atoms with Gasteiger partial charge in [-0.1, -0.05) is 24.3 Å². The number of nitrogens with zero attached hydrogens (tertiary/aromatic N) is 1. The van der Waals surface area contributed by atoms with E-state index in [0.29, 0.717) is 0 Å². The van der Waals surface area contributed by atoms with E-state index in [2.05, 4.69) is 33.3 Å². The van der Waals surface area contributed by atoms with Crippen LogP contribution in [-0.4, -0.2) is 0 Å². The van der Waals surface area contributed by atoms with Crippen molar-refractivity contribution >= 4 is 30.4 Å². The minimum Gasteiger partial charge on any atom is -0.278 e. The molecular formula is C10H8INOS. The monoisotopic (exact) mass is 317 g/mol. The second-order valence-corrected chi connectivity index (χ2v) is 4.61. The van der Waals surface area contributed by atoms with Gasteiger partial charge in [0.05, 0.1) is 9.21 Å². The molecule has 2 nitrogen and oxygen atoms in total. The third kappa shape index (κ3) is 1.53. The van der Waals surface area contributed by atoms with E-state index in [1.165, 1.54) is 14.8 Å². The predicted octanol–water partition coefficient (Wildman–Crippen LogP) is 3.37. The molecule has 0 aromatic heterocycles. The Labute approximate surface area is 99.4 Å². The molecule has 1 aliphatic rings. The molecular weight excluding hydrogens is 309 g/mol. The molecule has 1 unspecified atom stereocenters. The highest BCUT2D eigenvalue weighted by Gasteiger charge is 2.40. The number of nitriles is 1. The van der Waals surface area contributed by atoms with Crippen molar-refractivity contribution in [2.75, 3.05) is 0 Å². The SMILES string of the molecule is N#CC1(OSI)CCc2ccccc21. The summed E-state index contributed by atoms with van der Waals surface area (Å²) >= 11 is 2.05. The van der Waals surface area contributed by atoms with Crippen LogP contribution in [0.2, 0.25) is 0 Å². The zero-order valence-electron chi connectivity index (χ0n) is 7.37. The van der Waals surface area contributed by atoms with Gasteiger partial charge in [0.2, 0.25) is 0 Å². The molecule has 0 spiro atoms. The fourth-order valence-electron chi connectivity index (χ4n) is 1.85. The summed E-state index contributed by atoms with van der Waals surface area (Å²) in [4.78, 5) is 0. The summed E-state index contributed by atoms with van der Waals surface area (Å²) < 4.78 is 5.51. The maximum atomic E-state index is 9.20. The van der Waals surface area contributed by atoms with Crippen LogP contribution in [0.1, 0.15) is 17.5 Å². The molecule has 1 aliphatic carbocycles. The fourth-order valence-corrected chi connectivity index (χ4v) is 3.09. The fraction of sp³-hybridized carbons (Fsp3) is 0.300. The number of halogens is 1. The summed E-state index contributed by atoms with van der Waals surface area (Å²) in [6.45, 7) is 0. The van der Waals surface area contributed by atoms with E-state index >= 15 is 0 Å². The molecule has 72 valence electrons. The van der Waals surface area contributed by atoms with E-state index in [-0.39, 0.29) is 0 Å². The lowest BCUT2D eigenvalue weighted by Gasteiger charge is -2.19. The van der Waals surface area contributed by atoms with Gasteiger partial charge in [-0.3, -0.25) is 4.18 Å². The molecule has 1 atom stereocenters. The van der Waals surface area contributed by atoms with Crippen molar-refractivity contribution in [2.24, 2.45) is 0 Å². The van der Waals surface area contributed by atoms with Gasteiger partial charge in [-0.2, -0.15) is 5.26 Å². The number of rotatable bonds is 2. The Kier molecular flexibility index (Phi) is 3.00. The average molecular weight is 317 g/mol. The van der Waals surface area contributed by atoms with Crippen LogP contribution >= 0.6 is 30.4 Å². The van der Waals surface area contributed by atoms with Crippen LogP contribution in [-0.2, 0) is 16.2 Å². The van der Waals surface area contributed by atoms with Crippen LogP contribution in [0, 0.1) is 11.3 Å². The normalized spacial score (nSPS) is 24.3. The molecule has 0 fully saturated rings. The van der Waals surface area contributed by atoms with Gasteiger partial charge in [-0.15, -0.1) is 0 Å². The summed E-state index contributed by atoms with van der Waals surface area (Å²) in [5, 5.41) is 9.20. The second kappa shape index (κ2) is 4.09. The average Bonchev–Trinajstić information content (AvgIpc) is 2.59. The number of aryl methyl sites for hydroxylation is 1. The minimum absolute atomic E-state index is 0.720. The first-order valence-electron chi connectivity index (χ1n) is 4.28. The summed E-state index contributed by atoms with van der Waals surface area (Å²) in [5.41, 5.74) is 1.55. The molecule has 14 heavy (non-hydrogen) atoms. The van der Waals surface area contributed by atoms with Crippen LogP contribution in [0.25, 0.3) is 0 Å². The van der Waals surface area contributed by atoms with Crippen molar-refractivity contribution in [3.05, 3.63) is 35.4 Å². The molecule has 1 aromatic carbocycles. The lowest BCUT2D eigenvalue weighted by atomic mass is 9.98. The number of hydrogen-bond donors (Lipinski definition) is 0. The zero-order valence-corrected chi connectivity index (χ0v) is 10.3. The highest BCUT2D eigenvalue weighted by atomic mass is 127. The van der Waals surface area contributed by atoms with Gasteiger partial charge in [0.25, 0.3) is 0 Å². The lowest BCUT2D eigenvalue weighted by molar-refractivity contribution is 0.168. The molecule has 1 aromatic rings. The van der Waals surface area contributed by atoms with Crippen molar-refractivity contribution in [1.29, 1.82) is 5.26 Å². The Hall–Kier alpha value is -0.250. The smallest absolute Gasteiger partial charge is 0.195 e. The van der Waals surface area contributed by atoms with Crippen LogP contribution in [0.4, 0.5) is 0 Å². The summed E-state index contributed by atoms with van der Waals surface area (Å²) in [6.07, 6.45) is 1.69. The first-order valence-corrected chi connectivity index (χ1v) is 7.57. The minimum atomic E-state index is -0.720. The van der Waals surface area contributed by atoms with Gasteiger partial charge in [-0.05, 0) is 18.4 Å². The lowest BCUT2D eigenvalue weighted by Crippen LogP contribution is -2.21. The Morgan fingerprint density at radius 1 is 1.50 bits per heavy atom. The van der Waals surface area contributed by atoms with E-state index in [4.69, 9.17) is 4.18 Å². The van der Waals surface area contributed by atoms with E-state index in [1.807, 2.05) is 18.2 Å². The molecule has 4 heteroatoms. The first kappa shape index (κ1) is 10.3. The highest BCUT2D eigenvalue weighted by molar-refractivity contribution is 14.2. The van der Waals surface area contributed by atoms with Gasteiger partial charge >= 0.3 is 0 Å². The third-order valence-electron chi connectivity index (χ3n) is 2.55. The first-order chi connectivity index (χ1) is 6.82. The molecule has 0 saturated carbocycles. The van der Waals surface area contributed by atoms with E-state index < -0.39 is 5.60 Å². The zero-order chi connectivity index (χ0) is 10.0. The molecule has 0 N–H and O–H groups in total. The van der Waals surface area contributed by atoms with Crippen LogP contribution < -0.4 is 0 Å². The predicted molar refractivity (Wildman–Crippen MR) is 64.8 cm³/mol. The highest BCUT2D eigenvalue weighted by Crippen LogP contribution is 2.43. The third-order valence-corrected chi connectivity index (χ3v) is 3.44. The van der Waals surface area contributed by atoms with Crippen LogP contribution in [0.3, 0.4) is 0 Å². The van der Waals surface area contributed by atoms with Gasteiger partial charge in [0.15, 0.2) is 5.60 Å². The van der Waals surface area contributed by atoms with Gasteiger partial charge in [0.1, 0.15) is 6.07 Å². The Morgan fingerprint density at radius 3 is 3.00 bits per heavy atom. The van der Waals surface area contributed by atoms with E-state index in [0.717, 1.165) is 18.4 Å². The molecule has 2 rings (SSSR count). The standard InChI is InChI=1S/C10H8INOS/c11-14-13-10(7-12)6-5-8-3-1-2-4-9(8)10/h1-4H,5-6H2.